The summed E-state index contributed by atoms with van der Waals surface area (Å²) in [5, 5.41) is 16.1. The Kier molecular flexibility index (Phi) is 5.79. The van der Waals surface area contributed by atoms with Crippen LogP contribution in [0.4, 0.5) is 14.6 Å². The van der Waals surface area contributed by atoms with Gasteiger partial charge in [-0.15, -0.1) is 0 Å². The highest BCUT2D eigenvalue weighted by molar-refractivity contribution is 5.99. The molecule has 2 bridgehead atoms. The molecular weight excluding hydrogens is 526 g/mol. The molecule has 2 aromatic heterocycles. The predicted molar refractivity (Wildman–Crippen MR) is 153 cm³/mol. The Bertz CT molecular complexity index is 1660. The summed E-state index contributed by atoms with van der Waals surface area (Å²) in [6.45, 7) is 3.06. The number of rotatable bonds is 5. The SMILES string of the molecule is Oc1cc(-c2ncc3c(N4C[C@H]5CC[C@@H](C4)N5)nc(OCC45CCCN4C[C@H](F)C5)nc3c2F)c2ccccc2c1. The highest BCUT2D eigenvalue weighted by Crippen LogP contribution is 2.41. The van der Waals surface area contributed by atoms with E-state index >= 15 is 4.39 Å². The van der Waals surface area contributed by atoms with Crippen LogP contribution in [0.2, 0.25) is 0 Å². The normalized spacial score (nSPS) is 27.7. The Labute approximate surface area is 236 Å². The van der Waals surface area contributed by atoms with Crippen molar-refractivity contribution in [2.45, 2.75) is 55.9 Å². The van der Waals surface area contributed by atoms with E-state index in [1.807, 2.05) is 24.3 Å². The second-order valence-corrected chi connectivity index (χ2v) is 12.1. The van der Waals surface area contributed by atoms with Gasteiger partial charge in [-0.3, -0.25) is 9.88 Å². The van der Waals surface area contributed by atoms with E-state index in [0.717, 1.165) is 56.1 Å². The fourth-order valence-electron chi connectivity index (χ4n) is 7.62. The van der Waals surface area contributed by atoms with Gasteiger partial charge in [0.15, 0.2) is 5.82 Å². The lowest BCUT2D eigenvalue weighted by Crippen LogP contribution is -2.51. The van der Waals surface area contributed by atoms with Crippen LogP contribution in [0.1, 0.15) is 32.1 Å². The highest BCUT2D eigenvalue weighted by atomic mass is 19.1. The number of nitrogens with one attached hydrogen (secondary N) is 1. The maximum absolute atomic E-state index is 16.5. The van der Waals surface area contributed by atoms with E-state index in [9.17, 15) is 9.50 Å². The van der Waals surface area contributed by atoms with Crippen LogP contribution in [0.25, 0.3) is 32.9 Å². The summed E-state index contributed by atoms with van der Waals surface area (Å²) >= 11 is 0. The van der Waals surface area contributed by atoms with E-state index in [0.29, 0.717) is 41.8 Å². The molecule has 212 valence electrons. The fourth-order valence-corrected chi connectivity index (χ4v) is 7.62. The largest absolute Gasteiger partial charge is 0.508 e. The van der Waals surface area contributed by atoms with Crippen molar-refractivity contribution in [1.82, 2.24) is 25.2 Å². The summed E-state index contributed by atoms with van der Waals surface area (Å²) in [4.78, 5) is 18.4. The van der Waals surface area contributed by atoms with Gasteiger partial charge in [0.2, 0.25) is 0 Å². The number of aromatic hydroxyl groups is 1. The number of pyridine rings is 1. The first-order valence-electron chi connectivity index (χ1n) is 14.6. The summed E-state index contributed by atoms with van der Waals surface area (Å²) in [6.07, 6.45) is 5.26. The van der Waals surface area contributed by atoms with Gasteiger partial charge >= 0.3 is 6.01 Å². The molecule has 2 aromatic carbocycles. The monoisotopic (exact) mass is 558 g/mol. The molecule has 4 fully saturated rings. The number of benzene rings is 2. The number of phenols is 1. The number of ether oxygens (including phenoxy) is 1. The number of halogens is 2. The lowest BCUT2D eigenvalue weighted by molar-refractivity contribution is 0.107. The molecule has 4 aromatic rings. The molecule has 0 aliphatic carbocycles. The molecule has 41 heavy (non-hydrogen) atoms. The Balaban J connectivity index is 1.24. The van der Waals surface area contributed by atoms with E-state index in [1.54, 1.807) is 12.3 Å². The highest BCUT2D eigenvalue weighted by Gasteiger charge is 2.49. The van der Waals surface area contributed by atoms with Gasteiger partial charge in [-0.25, -0.2) is 8.78 Å². The van der Waals surface area contributed by atoms with E-state index in [2.05, 4.69) is 25.1 Å². The zero-order chi connectivity index (χ0) is 27.7. The molecule has 0 radical (unpaired) electrons. The number of nitrogens with zero attached hydrogens (tertiary/aromatic N) is 5. The van der Waals surface area contributed by atoms with Gasteiger partial charge < -0.3 is 20.1 Å². The zero-order valence-electron chi connectivity index (χ0n) is 22.7. The molecule has 8 nitrogen and oxygen atoms in total. The second-order valence-electron chi connectivity index (χ2n) is 12.1. The second kappa shape index (κ2) is 9.46. The van der Waals surface area contributed by atoms with Crippen molar-refractivity contribution >= 4 is 27.5 Å². The summed E-state index contributed by atoms with van der Waals surface area (Å²) in [5.41, 5.74) is 0.360. The maximum Gasteiger partial charge on any atom is 0.319 e. The third-order valence-corrected chi connectivity index (χ3v) is 9.49. The van der Waals surface area contributed by atoms with Crippen molar-refractivity contribution in [3.8, 4) is 23.0 Å². The van der Waals surface area contributed by atoms with Crippen molar-refractivity contribution in [3.05, 3.63) is 48.4 Å². The summed E-state index contributed by atoms with van der Waals surface area (Å²) in [5.74, 6) is 0.0553. The van der Waals surface area contributed by atoms with Crippen LogP contribution in [-0.2, 0) is 0 Å². The minimum absolute atomic E-state index is 0.0341. The molecule has 1 unspecified atom stereocenters. The molecule has 4 saturated heterocycles. The lowest BCUT2D eigenvalue weighted by Gasteiger charge is -2.34. The molecule has 4 atom stereocenters. The average molecular weight is 559 g/mol. The number of piperazine rings is 1. The quantitative estimate of drug-likeness (QED) is 0.368. The molecule has 0 spiro atoms. The van der Waals surface area contributed by atoms with E-state index in [-0.39, 0.29) is 35.1 Å². The van der Waals surface area contributed by atoms with Crippen molar-refractivity contribution in [2.75, 3.05) is 37.7 Å². The van der Waals surface area contributed by atoms with Crippen LogP contribution >= 0.6 is 0 Å². The zero-order valence-corrected chi connectivity index (χ0v) is 22.7. The van der Waals surface area contributed by atoms with E-state index < -0.39 is 12.0 Å². The predicted octanol–water partition coefficient (Wildman–Crippen LogP) is 4.59. The number of phenolic OH excluding ortho intramolecular Hbond substituents is 1. The van der Waals surface area contributed by atoms with Crippen LogP contribution in [-0.4, -0.2) is 81.5 Å². The smallest absolute Gasteiger partial charge is 0.319 e. The lowest BCUT2D eigenvalue weighted by atomic mass is 9.95. The third kappa shape index (κ3) is 4.18. The Morgan fingerprint density at radius 1 is 1.07 bits per heavy atom. The van der Waals surface area contributed by atoms with Crippen molar-refractivity contribution in [2.24, 2.45) is 0 Å². The summed E-state index contributed by atoms with van der Waals surface area (Å²) in [7, 11) is 0. The average Bonchev–Trinajstić information content (AvgIpc) is 3.61. The molecule has 10 heteroatoms. The van der Waals surface area contributed by atoms with Gasteiger partial charge in [-0.2, -0.15) is 9.97 Å². The van der Waals surface area contributed by atoms with Crippen LogP contribution in [0.15, 0.2) is 42.6 Å². The van der Waals surface area contributed by atoms with Crippen molar-refractivity contribution in [3.63, 3.8) is 0 Å². The van der Waals surface area contributed by atoms with Gasteiger partial charge in [0, 0.05) is 49.9 Å². The first kappa shape index (κ1) is 25.1. The molecular formula is C31H32F2N6O2. The number of hydrogen-bond donors (Lipinski definition) is 2. The van der Waals surface area contributed by atoms with Crippen LogP contribution in [0, 0.1) is 5.82 Å². The van der Waals surface area contributed by atoms with Crippen LogP contribution in [0.5, 0.6) is 11.8 Å². The number of anilines is 1. The molecule has 0 saturated carbocycles. The van der Waals surface area contributed by atoms with Gasteiger partial charge in [0.05, 0.1) is 10.9 Å². The summed E-state index contributed by atoms with van der Waals surface area (Å²) in [6, 6.07) is 11.5. The Morgan fingerprint density at radius 3 is 2.76 bits per heavy atom. The van der Waals surface area contributed by atoms with Gasteiger partial charge in [-0.1, -0.05) is 24.3 Å². The van der Waals surface area contributed by atoms with Crippen molar-refractivity contribution in [1.29, 1.82) is 0 Å². The molecule has 4 aliphatic rings. The standard InChI is InChI=1S/C31H32F2N6O2/c32-19-12-31(8-3-9-39(31)14-19)17-41-30-36-28-25(29(37-30)38-15-20-6-7-21(16-38)35-20)13-34-27(26(28)33)24-11-22(40)10-18-4-1-2-5-23(18)24/h1-2,4-5,10-11,13,19-21,35,40H,3,6-9,12,14-17H2/t19-,20-,21+,31?/m1/s1. The molecule has 6 heterocycles. The maximum atomic E-state index is 16.5. The Hall–Kier alpha value is -3.63. The first-order chi connectivity index (χ1) is 20.0. The third-order valence-electron chi connectivity index (χ3n) is 9.49. The minimum Gasteiger partial charge on any atom is -0.508 e. The first-order valence-corrected chi connectivity index (χ1v) is 14.6. The molecule has 0 amide bonds. The van der Waals surface area contributed by atoms with Crippen LogP contribution < -0.4 is 15.0 Å². The fraction of sp³-hybridized carbons (Fsp3) is 0.452. The van der Waals surface area contributed by atoms with Crippen LogP contribution in [0.3, 0.4) is 0 Å². The van der Waals surface area contributed by atoms with Gasteiger partial charge in [-0.05, 0) is 55.1 Å². The number of alkyl halides is 1. The van der Waals surface area contributed by atoms with E-state index in [1.165, 1.54) is 6.07 Å². The minimum atomic E-state index is -0.869. The van der Waals surface area contributed by atoms with E-state index in [4.69, 9.17) is 9.72 Å². The van der Waals surface area contributed by atoms with Gasteiger partial charge in [0.25, 0.3) is 0 Å². The molecule has 2 N–H and O–H groups in total. The van der Waals surface area contributed by atoms with Gasteiger partial charge in [0.1, 0.15) is 35.6 Å². The molecule has 8 rings (SSSR count). The number of hydrogen-bond acceptors (Lipinski definition) is 8. The topological polar surface area (TPSA) is 86.6 Å². The number of aromatic nitrogens is 3. The Morgan fingerprint density at radius 2 is 1.90 bits per heavy atom. The molecule has 4 aliphatic heterocycles. The summed E-state index contributed by atoms with van der Waals surface area (Å²) < 4.78 is 37.2. The van der Waals surface area contributed by atoms with Crippen molar-refractivity contribution < 1.29 is 18.6 Å². The number of fused-ring (bicyclic) bond motifs is 5.